The van der Waals surface area contributed by atoms with Crippen molar-refractivity contribution in [3.05, 3.63) is 63.6 Å². The lowest BCUT2D eigenvalue weighted by Crippen LogP contribution is -2.49. The number of amides is 4. The average molecular weight is 722 g/mol. The third-order valence-corrected chi connectivity index (χ3v) is 8.10. The molecule has 0 spiro atoms. The molecule has 3 aromatic rings. The third-order valence-electron chi connectivity index (χ3n) is 6.88. The molecule has 2 saturated heterocycles. The van der Waals surface area contributed by atoms with Gasteiger partial charge in [0.2, 0.25) is 5.91 Å². The normalized spacial score (nSPS) is 16.7. The van der Waals surface area contributed by atoms with Gasteiger partial charge in [0, 0.05) is 24.8 Å². The number of nitrogens with zero attached hydrogens (tertiary/aromatic N) is 4. The largest absolute Gasteiger partial charge is 0.480 e. The smallest absolute Gasteiger partial charge is 0.414 e. The molecule has 0 aliphatic carbocycles. The van der Waals surface area contributed by atoms with Gasteiger partial charge in [-0.15, -0.1) is 36.2 Å². The second-order valence-electron chi connectivity index (χ2n) is 9.80. The van der Waals surface area contributed by atoms with Crippen LogP contribution in [-0.4, -0.2) is 101 Å². The topological polar surface area (TPSA) is 174 Å². The quantitative estimate of drug-likeness (QED) is 0.267. The second kappa shape index (κ2) is 16.2. The molecule has 4 amide bonds. The highest BCUT2D eigenvalue weighted by molar-refractivity contribution is 7.18. The molecule has 0 radical (unpaired) electrons. The maximum absolute atomic E-state index is 15.2. The molecule has 0 saturated carbocycles. The number of imide groups is 1. The zero-order valence-electron chi connectivity index (χ0n) is 23.7. The monoisotopic (exact) mass is 720 g/mol. The molecule has 0 bridgehead atoms. The van der Waals surface area contributed by atoms with E-state index in [-0.39, 0.29) is 67.4 Å². The van der Waals surface area contributed by atoms with Crippen LogP contribution in [0.4, 0.5) is 20.6 Å². The van der Waals surface area contributed by atoms with Crippen molar-refractivity contribution >= 4 is 88.9 Å². The van der Waals surface area contributed by atoms with Crippen LogP contribution in [0.1, 0.15) is 15.4 Å². The van der Waals surface area contributed by atoms with Gasteiger partial charge in [0.25, 0.3) is 11.8 Å². The van der Waals surface area contributed by atoms with Crippen molar-refractivity contribution in [2.75, 3.05) is 49.2 Å². The fourth-order valence-electron chi connectivity index (χ4n) is 4.72. The van der Waals surface area contributed by atoms with Crippen molar-refractivity contribution in [3.63, 3.8) is 0 Å². The molecule has 2 aliphatic rings. The molecule has 2 fully saturated rings. The third kappa shape index (κ3) is 8.51. The zero-order chi connectivity index (χ0) is 31.4. The number of hydrogen-bond acceptors (Lipinski definition) is 10. The summed E-state index contributed by atoms with van der Waals surface area (Å²) < 4.78 is 26.0. The summed E-state index contributed by atoms with van der Waals surface area (Å²) >= 11 is 6.93. The molecule has 2 aromatic heterocycles. The molecule has 46 heavy (non-hydrogen) atoms. The van der Waals surface area contributed by atoms with Crippen molar-refractivity contribution in [2.45, 2.75) is 18.6 Å². The van der Waals surface area contributed by atoms with Gasteiger partial charge in [0.1, 0.15) is 24.6 Å². The van der Waals surface area contributed by atoms with Gasteiger partial charge in [-0.25, -0.2) is 14.2 Å². The Morgan fingerprint density at radius 1 is 1.22 bits per heavy atom. The summed E-state index contributed by atoms with van der Waals surface area (Å²) in [4.78, 5) is 73.5. The summed E-state index contributed by atoms with van der Waals surface area (Å²) in [5.41, 5.74) is 0.647. The maximum atomic E-state index is 15.2. The summed E-state index contributed by atoms with van der Waals surface area (Å²) in [6, 6.07) is 5.70. The van der Waals surface area contributed by atoms with E-state index in [9.17, 15) is 29.1 Å². The van der Waals surface area contributed by atoms with E-state index in [4.69, 9.17) is 21.1 Å². The first kappa shape index (κ1) is 36.7. The number of carbonyl (C=O) groups excluding carboxylic acids is 4. The van der Waals surface area contributed by atoms with E-state index in [0.717, 1.165) is 27.2 Å². The zero-order valence-corrected chi connectivity index (χ0v) is 26.9. The standard InChI is InChI=1S/C27H26ClFN6O8S.2ClH/c28-22-4-3-21(44-22)25(38)35(23(36)10-31-19(26(39)40)7-15-9-30-14-32-15)12-17-11-34(27(41)43-17)20-2-1-16(8-18(20)29)33-5-6-42-13-24(33)37;;/h1-4,8-9,14,17,19,31H,5-7,10-13H2,(H,30,32)(H,39,40);2*1H/t17-,19-;;/m1../s1. The number of carboxylic acid groups (broad SMARTS) is 1. The van der Waals surface area contributed by atoms with Gasteiger partial charge < -0.3 is 24.5 Å². The number of H-pyrrole nitrogens is 1. The number of ether oxygens (including phenoxy) is 2. The SMILES string of the molecule is Cl.Cl.O=C(O)[C@@H](Cc1c[nH]cn1)NCC(=O)N(C[C@H]1CN(c2ccc(N3CCOCC3=O)cc2F)C(=O)O1)C(=O)c1ccc(Cl)s1. The second-order valence-corrected chi connectivity index (χ2v) is 11.5. The number of morpholine rings is 1. The molecule has 0 unspecified atom stereocenters. The Balaban J connectivity index is 0.00000288. The predicted molar refractivity (Wildman–Crippen MR) is 169 cm³/mol. The van der Waals surface area contributed by atoms with Gasteiger partial charge in [-0.05, 0) is 30.3 Å². The highest BCUT2D eigenvalue weighted by Gasteiger charge is 2.38. The summed E-state index contributed by atoms with van der Waals surface area (Å²) in [6.07, 6.45) is 0.953. The fraction of sp³-hybridized carbons (Fsp3) is 0.333. The number of carbonyl (C=O) groups is 5. The molecule has 5 rings (SSSR count). The first-order chi connectivity index (χ1) is 21.1. The highest BCUT2D eigenvalue weighted by Crippen LogP contribution is 2.30. The van der Waals surface area contributed by atoms with Crippen LogP contribution in [0, 0.1) is 5.82 Å². The molecule has 3 N–H and O–H groups in total. The van der Waals surface area contributed by atoms with Crippen LogP contribution in [0.5, 0.6) is 0 Å². The van der Waals surface area contributed by atoms with Crippen LogP contribution in [0.25, 0.3) is 0 Å². The van der Waals surface area contributed by atoms with E-state index in [1.54, 1.807) is 0 Å². The van der Waals surface area contributed by atoms with Crippen molar-refractivity contribution in [1.29, 1.82) is 0 Å². The molecule has 248 valence electrons. The number of halogens is 4. The highest BCUT2D eigenvalue weighted by atomic mass is 35.5. The number of hydrogen-bond donors (Lipinski definition) is 3. The minimum atomic E-state index is -1.23. The predicted octanol–water partition coefficient (Wildman–Crippen LogP) is 2.75. The number of benzene rings is 1. The Bertz CT molecular complexity index is 1580. The van der Waals surface area contributed by atoms with E-state index >= 15 is 4.39 Å². The molecule has 2 aliphatic heterocycles. The lowest BCUT2D eigenvalue weighted by atomic mass is 10.1. The van der Waals surface area contributed by atoms with Crippen LogP contribution in [0.3, 0.4) is 0 Å². The van der Waals surface area contributed by atoms with Crippen LogP contribution in [0.15, 0.2) is 42.9 Å². The van der Waals surface area contributed by atoms with E-state index < -0.39 is 54.9 Å². The lowest BCUT2D eigenvalue weighted by Gasteiger charge is -2.27. The summed E-state index contributed by atoms with van der Waals surface area (Å²) in [5, 5.41) is 12.2. The first-order valence-corrected chi connectivity index (χ1v) is 14.5. The molecule has 1 aromatic carbocycles. The maximum Gasteiger partial charge on any atom is 0.414 e. The molecule has 19 heteroatoms. The Labute approximate surface area is 282 Å². The van der Waals surface area contributed by atoms with Gasteiger partial charge in [0.05, 0.1) is 53.2 Å². The van der Waals surface area contributed by atoms with Crippen molar-refractivity contribution in [2.24, 2.45) is 0 Å². The van der Waals surface area contributed by atoms with Crippen LogP contribution in [0.2, 0.25) is 4.34 Å². The lowest BCUT2D eigenvalue weighted by molar-refractivity contribution is -0.139. The summed E-state index contributed by atoms with van der Waals surface area (Å²) in [6.45, 7) is -0.686. The minimum Gasteiger partial charge on any atom is -0.480 e. The van der Waals surface area contributed by atoms with E-state index in [1.807, 2.05) is 0 Å². The van der Waals surface area contributed by atoms with Gasteiger partial charge in [-0.3, -0.25) is 34.3 Å². The van der Waals surface area contributed by atoms with Gasteiger partial charge in [-0.1, -0.05) is 11.6 Å². The Morgan fingerprint density at radius 2 is 2.00 bits per heavy atom. The Kier molecular flexibility index (Phi) is 12.9. The minimum absolute atomic E-state index is 0. The fourth-order valence-corrected chi connectivity index (χ4v) is 5.71. The average Bonchev–Trinajstić information content (AvgIpc) is 3.75. The van der Waals surface area contributed by atoms with Crippen molar-refractivity contribution < 1.29 is 42.9 Å². The van der Waals surface area contributed by atoms with Crippen molar-refractivity contribution in [3.8, 4) is 0 Å². The number of aromatic nitrogens is 2. The number of cyclic esters (lactones) is 1. The molecular formula is C27H28Cl3FN6O8S. The van der Waals surface area contributed by atoms with Crippen LogP contribution >= 0.6 is 47.8 Å². The van der Waals surface area contributed by atoms with Crippen LogP contribution in [-0.2, 0) is 30.3 Å². The number of rotatable bonds is 11. The molecular weight excluding hydrogens is 694 g/mol. The number of carboxylic acids is 1. The van der Waals surface area contributed by atoms with Gasteiger partial charge in [-0.2, -0.15) is 0 Å². The number of aliphatic carboxylic acids is 1. The number of anilines is 2. The molecule has 4 heterocycles. The summed E-state index contributed by atoms with van der Waals surface area (Å²) in [5.74, 6) is -3.84. The van der Waals surface area contributed by atoms with Gasteiger partial charge in [0.15, 0.2) is 0 Å². The number of imidazole rings is 1. The van der Waals surface area contributed by atoms with E-state index in [1.165, 1.54) is 41.7 Å². The van der Waals surface area contributed by atoms with E-state index in [0.29, 0.717) is 22.3 Å². The molecule has 2 atom stereocenters. The number of nitrogens with one attached hydrogen (secondary N) is 2. The van der Waals surface area contributed by atoms with Gasteiger partial charge >= 0.3 is 12.1 Å². The van der Waals surface area contributed by atoms with E-state index in [2.05, 4.69) is 15.3 Å². The van der Waals surface area contributed by atoms with Crippen LogP contribution < -0.4 is 15.1 Å². The molecule has 14 nitrogen and oxygen atoms in total. The Morgan fingerprint density at radius 3 is 2.63 bits per heavy atom. The Hall–Kier alpha value is -3.80. The summed E-state index contributed by atoms with van der Waals surface area (Å²) in [7, 11) is 0. The number of aromatic amines is 1. The van der Waals surface area contributed by atoms with Crippen molar-refractivity contribution in [1.82, 2.24) is 20.2 Å². The first-order valence-electron chi connectivity index (χ1n) is 13.3. The number of thiophene rings is 1.